The zero-order valence-electron chi connectivity index (χ0n) is 9.45. The summed E-state index contributed by atoms with van der Waals surface area (Å²) in [6.07, 6.45) is 4.71. The Labute approximate surface area is 100 Å². The molecule has 1 saturated carbocycles. The van der Waals surface area contributed by atoms with Crippen LogP contribution in [0.2, 0.25) is 5.15 Å². The molecule has 90 valence electrons. The van der Waals surface area contributed by atoms with Crippen LogP contribution in [0.15, 0.2) is 0 Å². The van der Waals surface area contributed by atoms with Crippen LogP contribution in [0.3, 0.4) is 0 Å². The Balaban J connectivity index is 2.30. The van der Waals surface area contributed by atoms with Crippen LogP contribution in [-0.4, -0.2) is 22.0 Å². The van der Waals surface area contributed by atoms with Crippen molar-refractivity contribution in [2.45, 2.75) is 44.9 Å². The van der Waals surface area contributed by atoms with Gasteiger partial charge in [-0.3, -0.25) is 4.68 Å². The second kappa shape index (κ2) is 5.17. The van der Waals surface area contributed by atoms with Gasteiger partial charge in [-0.2, -0.15) is 5.10 Å². The van der Waals surface area contributed by atoms with Crippen molar-refractivity contribution in [1.82, 2.24) is 9.78 Å². The number of aromatic nitrogens is 2. The van der Waals surface area contributed by atoms with Gasteiger partial charge in [0.1, 0.15) is 5.15 Å². The maximum absolute atomic E-state index is 9.29. The van der Waals surface area contributed by atoms with Crippen molar-refractivity contribution in [2.24, 2.45) is 0 Å². The Morgan fingerprint density at radius 3 is 2.75 bits per heavy atom. The highest BCUT2D eigenvalue weighted by molar-refractivity contribution is 6.30. The van der Waals surface area contributed by atoms with Crippen molar-refractivity contribution in [3.05, 3.63) is 16.4 Å². The summed E-state index contributed by atoms with van der Waals surface area (Å²) < 4.78 is 6.91. The molecule has 1 aromatic rings. The molecule has 0 radical (unpaired) electrons. The van der Waals surface area contributed by atoms with E-state index in [-0.39, 0.29) is 6.61 Å². The molecule has 0 aliphatic heterocycles. The molecule has 4 nitrogen and oxygen atoms in total. The molecule has 0 aromatic carbocycles. The van der Waals surface area contributed by atoms with Crippen molar-refractivity contribution in [2.75, 3.05) is 7.11 Å². The van der Waals surface area contributed by atoms with Gasteiger partial charge in [0.05, 0.1) is 24.9 Å². The number of hydrogen-bond donors (Lipinski definition) is 1. The predicted octanol–water partition coefficient (Wildman–Crippen LogP) is 2.29. The summed E-state index contributed by atoms with van der Waals surface area (Å²) in [4.78, 5) is 0. The molecule has 2 rings (SSSR count). The summed E-state index contributed by atoms with van der Waals surface area (Å²) >= 11 is 6.23. The van der Waals surface area contributed by atoms with Crippen LogP contribution in [-0.2, 0) is 18.0 Å². The minimum absolute atomic E-state index is 0.0791. The number of methoxy groups -OCH3 is 1. The first-order chi connectivity index (χ1) is 7.77. The van der Waals surface area contributed by atoms with E-state index in [1.807, 2.05) is 4.68 Å². The zero-order valence-corrected chi connectivity index (χ0v) is 10.2. The molecule has 1 heterocycles. The molecule has 0 amide bonds. The predicted molar refractivity (Wildman–Crippen MR) is 61.4 cm³/mol. The lowest BCUT2D eigenvalue weighted by atomic mass is 10.2. The molecule has 1 N–H and O–H groups in total. The van der Waals surface area contributed by atoms with E-state index in [2.05, 4.69) is 5.10 Å². The Hall–Kier alpha value is -0.580. The number of nitrogens with zero attached hydrogens (tertiary/aromatic N) is 2. The fraction of sp³-hybridized carbons (Fsp3) is 0.727. The van der Waals surface area contributed by atoms with Gasteiger partial charge in [0.15, 0.2) is 0 Å². The van der Waals surface area contributed by atoms with Crippen molar-refractivity contribution < 1.29 is 9.84 Å². The van der Waals surface area contributed by atoms with E-state index in [4.69, 9.17) is 16.3 Å². The Kier molecular flexibility index (Phi) is 3.84. The van der Waals surface area contributed by atoms with E-state index in [1.165, 1.54) is 12.8 Å². The molecule has 1 aliphatic rings. The summed E-state index contributed by atoms with van der Waals surface area (Å²) in [7, 11) is 1.61. The molecule has 0 spiro atoms. The van der Waals surface area contributed by atoms with Crippen molar-refractivity contribution >= 4 is 11.6 Å². The van der Waals surface area contributed by atoms with Gasteiger partial charge in [-0.25, -0.2) is 0 Å². The number of aliphatic hydroxyl groups excluding tert-OH is 1. The standard InChI is InChI=1S/C11H17ClN2O2/c1-16-7-10-9(6-15)11(12)14(13-10)8-4-2-3-5-8/h8,15H,2-7H2,1H3. The summed E-state index contributed by atoms with van der Waals surface area (Å²) in [5.41, 5.74) is 1.46. The van der Waals surface area contributed by atoms with Crippen LogP contribution >= 0.6 is 11.6 Å². The largest absolute Gasteiger partial charge is 0.391 e. The van der Waals surface area contributed by atoms with Crippen molar-refractivity contribution in [1.29, 1.82) is 0 Å². The lowest BCUT2D eigenvalue weighted by Crippen LogP contribution is -2.07. The van der Waals surface area contributed by atoms with Gasteiger partial charge < -0.3 is 9.84 Å². The monoisotopic (exact) mass is 244 g/mol. The van der Waals surface area contributed by atoms with Gasteiger partial charge in [0.2, 0.25) is 0 Å². The van der Waals surface area contributed by atoms with Crippen LogP contribution in [0.5, 0.6) is 0 Å². The molecule has 0 atom stereocenters. The van der Waals surface area contributed by atoms with E-state index in [9.17, 15) is 5.11 Å². The number of halogens is 1. The molecule has 1 aromatic heterocycles. The fourth-order valence-corrected chi connectivity index (χ4v) is 2.64. The van der Waals surface area contributed by atoms with Crippen LogP contribution in [0.4, 0.5) is 0 Å². The lowest BCUT2D eigenvalue weighted by Gasteiger charge is -2.10. The van der Waals surface area contributed by atoms with Gasteiger partial charge in [-0.1, -0.05) is 24.4 Å². The maximum Gasteiger partial charge on any atom is 0.133 e. The minimum atomic E-state index is -0.0791. The molecule has 16 heavy (non-hydrogen) atoms. The lowest BCUT2D eigenvalue weighted by molar-refractivity contribution is 0.177. The Morgan fingerprint density at radius 2 is 2.19 bits per heavy atom. The summed E-state index contributed by atoms with van der Waals surface area (Å²) in [6, 6.07) is 0.392. The van der Waals surface area contributed by atoms with Gasteiger partial charge in [0, 0.05) is 12.7 Å². The third-order valence-electron chi connectivity index (χ3n) is 3.14. The molecular weight excluding hydrogens is 228 g/mol. The average Bonchev–Trinajstić information content (AvgIpc) is 2.87. The maximum atomic E-state index is 9.29. The van der Waals surface area contributed by atoms with E-state index in [1.54, 1.807) is 7.11 Å². The Bertz CT molecular complexity index is 359. The number of ether oxygens (including phenoxy) is 1. The third-order valence-corrected chi connectivity index (χ3v) is 3.54. The van der Waals surface area contributed by atoms with Gasteiger partial charge >= 0.3 is 0 Å². The second-order valence-corrected chi connectivity index (χ2v) is 4.55. The first kappa shape index (κ1) is 11.9. The van der Waals surface area contributed by atoms with E-state index < -0.39 is 0 Å². The van der Waals surface area contributed by atoms with E-state index >= 15 is 0 Å². The van der Waals surface area contributed by atoms with Gasteiger partial charge in [-0.15, -0.1) is 0 Å². The van der Waals surface area contributed by atoms with Crippen LogP contribution in [0.1, 0.15) is 43.0 Å². The third kappa shape index (κ3) is 2.10. The number of aliphatic hydroxyl groups is 1. The normalized spacial score (nSPS) is 17.2. The quantitative estimate of drug-likeness (QED) is 0.884. The first-order valence-electron chi connectivity index (χ1n) is 5.63. The average molecular weight is 245 g/mol. The summed E-state index contributed by atoms with van der Waals surface area (Å²) in [5.74, 6) is 0. The smallest absolute Gasteiger partial charge is 0.133 e. The second-order valence-electron chi connectivity index (χ2n) is 4.19. The van der Waals surface area contributed by atoms with Crippen LogP contribution < -0.4 is 0 Å². The van der Waals surface area contributed by atoms with Gasteiger partial charge in [0.25, 0.3) is 0 Å². The SMILES string of the molecule is COCc1nn(C2CCCC2)c(Cl)c1CO. The minimum Gasteiger partial charge on any atom is -0.391 e. The zero-order chi connectivity index (χ0) is 11.5. The van der Waals surface area contributed by atoms with Crippen molar-refractivity contribution in [3.63, 3.8) is 0 Å². The Morgan fingerprint density at radius 1 is 1.50 bits per heavy atom. The topological polar surface area (TPSA) is 47.3 Å². The molecule has 1 aliphatic carbocycles. The van der Waals surface area contributed by atoms with Crippen LogP contribution in [0, 0.1) is 0 Å². The van der Waals surface area contributed by atoms with Crippen molar-refractivity contribution in [3.8, 4) is 0 Å². The molecule has 1 fully saturated rings. The highest BCUT2D eigenvalue weighted by atomic mass is 35.5. The fourth-order valence-electron chi connectivity index (χ4n) is 2.29. The van der Waals surface area contributed by atoms with E-state index in [0.29, 0.717) is 23.4 Å². The highest BCUT2D eigenvalue weighted by Gasteiger charge is 2.23. The number of hydrogen-bond acceptors (Lipinski definition) is 3. The summed E-state index contributed by atoms with van der Waals surface area (Å²) in [6.45, 7) is 0.319. The van der Waals surface area contributed by atoms with E-state index in [0.717, 1.165) is 18.5 Å². The molecule has 5 heteroatoms. The van der Waals surface area contributed by atoms with Crippen LogP contribution in [0.25, 0.3) is 0 Å². The molecule has 0 unspecified atom stereocenters. The molecule has 0 saturated heterocycles. The summed E-state index contributed by atoms with van der Waals surface area (Å²) in [5, 5.41) is 14.3. The first-order valence-corrected chi connectivity index (χ1v) is 6.01. The number of rotatable bonds is 4. The highest BCUT2D eigenvalue weighted by Crippen LogP contribution is 2.33. The molecular formula is C11H17ClN2O2. The van der Waals surface area contributed by atoms with Gasteiger partial charge in [-0.05, 0) is 12.8 Å². The molecule has 0 bridgehead atoms.